The third-order valence-electron chi connectivity index (χ3n) is 2.73. The van der Waals surface area contributed by atoms with E-state index in [1.165, 1.54) is 10.9 Å². The quantitative estimate of drug-likeness (QED) is 0.603. The number of carboxylic acid groups (broad SMARTS) is 1. The molecule has 1 heterocycles. The Morgan fingerprint density at radius 2 is 2.15 bits per heavy atom. The van der Waals surface area contributed by atoms with Crippen molar-refractivity contribution in [2.45, 2.75) is 37.8 Å². The minimum absolute atomic E-state index is 0.0566. The normalized spacial score (nSPS) is 13.6. The van der Waals surface area contributed by atoms with Gasteiger partial charge in [0.05, 0.1) is 25.3 Å². The average molecular weight is 305 g/mol. The number of nitrogens with zero attached hydrogens (tertiary/aromatic N) is 2. The van der Waals surface area contributed by atoms with Crippen LogP contribution in [0.2, 0.25) is 0 Å². The summed E-state index contributed by atoms with van der Waals surface area (Å²) < 4.78 is 27.4. The number of carbonyl (C=O) groups is 1. The molecule has 1 atom stereocenters. The first-order valence-corrected chi connectivity index (χ1v) is 7.62. The molecule has 9 heteroatoms. The Hall–Kier alpha value is -1.45. The highest BCUT2D eigenvalue weighted by atomic mass is 32.2. The number of nitrogens with one attached hydrogen (secondary N) is 1. The molecule has 0 radical (unpaired) electrons. The molecule has 0 saturated heterocycles. The number of aliphatic hydroxyl groups is 1. The molecule has 3 N–H and O–H groups in total. The van der Waals surface area contributed by atoms with E-state index in [1.807, 2.05) is 0 Å². The molecule has 1 unspecified atom stereocenters. The van der Waals surface area contributed by atoms with Gasteiger partial charge in [-0.3, -0.25) is 9.48 Å². The maximum atomic E-state index is 11.9. The average Bonchev–Trinajstić information content (AvgIpc) is 2.82. The van der Waals surface area contributed by atoms with Gasteiger partial charge in [-0.15, -0.1) is 0 Å². The second-order valence-corrected chi connectivity index (χ2v) is 6.51. The fourth-order valence-corrected chi connectivity index (χ4v) is 2.33. The summed E-state index contributed by atoms with van der Waals surface area (Å²) in [6.45, 7) is 3.57. The second-order valence-electron chi connectivity index (χ2n) is 4.75. The Labute approximate surface area is 117 Å². The number of hydrogen-bond acceptors (Lipinski definition) is 5. The van der Waals surface area contributed by atoms with Crippen molar-refractivity contribution in [1.82, 2.24) is 14.5 Å². The van der Waals surface area contributed by atoms with Gasteiger partial charge in [0.2, 0.25) is 10.0 Å². The van der Waals surface area contributed by atoms with Crippen molar-refractivity contribution in [2.24, 2.45) is 5.92 Å². The lowest BCUT2D eigenvalue weighted by molar-refractivity contribution is -0.137. The Morgan fingerprint density at radius 3 is 2.70 bits per heavy atom. The Kier molecular flexibility index (Phi) is 5.66. The predicted octanol–water partition coefficient (Wildman–Crippen LogP) is -0.347. The fraction of sp³-hybridized carbons (Fsp3) is 0.636. The van der Waals surface area contributed by atoms with Gasteiger partial charge >= 0.3 is 5.97 Å². The molecule has 8 nitrogen and oxygen atoms in total. The van der Waals surface area contributed by atoms with Crippen molar-refractivity contribution in [3.63, 3.8) is 0 Å². The zero-order chi connectivity index (χ0) is 15.3. The number of hydrogen-bond donors (Lipinski definition) is 3. The van der Waals surface area contributed by atoms with E-state index in [4.69, 9.17) is 5.11 Å². The molecule has 0 spiro atoms. The maximum absolute atomic E-state index is 11.9. The number of aliphatic carboxylic acids is 1. The molecule has 0 aromatic carbocycles. The van der Waals surface area contributed by atoms with Crippen molar-refractivity contribution < 1.29 is 23.4 Å². The molecule has 0 aliphatic rings. The van der Waals surface area contributed by atoms with E-state index in [0.29, 0.717) is 0 Å². The van der Waals surface area contributed by atoms with Gasteiger partial charge in [0.1, 0.15) is 4.90 Å². The predicted molar refractivity (Wildman–Crippen MR) is 70.5 cm³/mol. The van der Waals surface area contributed by atoms with Gasteiger partial charge in [-0.25, -0.2) is 13.1 Å². The van der Waals surface area contributed by atoms with Crippen molar-refractivity contribution in [1.29, 1.82) is 0 Å². The van der Waals surface area contributed by atoms with Gasteiger partial charge in [0.15, 0.2) is 0 Å². The fourth-order valence-electron chi connectivity index (χ4n) is 1.33. The van der Waals surface area contributed by atoms with E-state index in [0.717, 1.165) is 6.20 Å². The Bertz CT molecular complexity index is 552. The molecule has 114 valence electrons. The highest BCUT2D eigenvalue weighted by Crippen LogP contribution is 2.08. The lowest BCUT2D eigenvalue weighted by Gasteiger charge is -2.14. The van der Waals surface area contributed by atoms with E-state index in [1.54, 1.807) is 13.8 Å². The Balaban J connectivity index is 2.66. The van der Waals surface area contributed by atoms with Gasteiger partial charge in [-0.1, -0.05) is 13.8 Å². The number of carboxylic acids is 1. The standard InChI is InChI=1S/C11H19N3O5S/c1-8(2)10(15)6-13-20(18,19)9-5-12-14(7-9)4-3-11(16)17/h5,7-8,10,13,15H,3-4,6H2,1-2H3,(H,16,17). The first kappa shape index (κ1) is 16.6. The van der Waals surface area contributed by atoms with E-state index < -0.39 is 22.1 Å². The van der Waals surface area contributed by atoms with Crippen LogP contribution in [0.4, 0.5) is 0 Å². The molecule has 1 aromatic heterocycles. The molecule has 1 aromatic rings. The molecule has 0 bridgehead atoms. The van der Waals surface area contributed by atoms with E-state index in [2.05, 4.69) is 9.82 Å². The van der Waals surface area contributed by atoms with E-state index in [-0.39, 0.29) is 30.3 Å². The zero-order valence-electron chi connectivity index (χ0n) is 11.4. The van der Waals surface area contributed by atoms with Crippen LogP contribution in [-0.4, -0.2) is 47.0 Å². The number of sulfonamides is 1. The van der Waals surface area contributed by atoms with Crippen molar-refractivity contribution in [3.05, 3.63) is 12.4 Å². The van der Waals surface area contributed by atoms with Gasteiger partial charge in [-0.05, 0) is 5.92 Å². The largest absolute Gasteiger partial charge is 0.481 e. The lowest BCUT2D eigenvalue weighted by Crippen LogP contribution is -2.34. The van der Waals surface area contributed by atoms with Gasteiger partial charge in [0.25, 0.3) is 0 Å². The van der Waals surface area contributed by atoms with Crippen LogP contribution in [0.1, 0.15) is 20.3 Å². The van der Waals surface area contributed by atoms with Crippen LogP contribution in [0.15, 0.2) is 17.3 Å². The second kappa shape index (κ2) is 6.82. The molecule has 0 aliphatic heterocycles. The summed E-state index contributed by atoms with van der Waals surface area (Å²) in [5.41, 5.74) is 0. The molecule has 0 saturated carbocycles. The van der Waals surface area contributed by atoms with Crippen molar-refractivity contribution in [3.8, 4) is 0 Å². The number of rotatable bonds is 8. The summed E-state index contributed by atoms with van der Waals surface area (Å²) in [5.74, 6) is -1.04. The van der Waals surface area contributed by atoms with Crippen LogP contribution in [-0.2, 0) is 21.4 Å². The van der Waals surface area contributed by atoms with Crippen LogP contribution in [0, 0.1) is 5.92 Å². The topological polar surface area (TPSA) is 122 Å². The minimum Gasteiger partial charge on any atom is -0.481 e. The van der Waals surface area contributed by atoms with Gasteiger partial charge in [-0.2, -0.15) is 5.10 Å². The number of aryl methyl sites for hydroxylation is 1. The molecular formula is C11H19N3O5S. The summed E-state index contributed by atoms with van der Waals surface area (Å²) in [6.07, 6.45) is 1.49. The summed E-state index contributed by atoms with van der Waals surface area (Å²) in [4.78, 5) is 10.4. The summed E-state index contributed by atoms with van der Waals surface area (Å²) in [7, 11) is -3.75. The van der Waals surface area contributed by atoms with E-state index >= 15 is 0 Å². The van der Waals surface area contributed by atoms with Crippen molar-refractivity contribution >= 4 is 16.0 Å². The van der Waals surface area contributed by atoms with Crippen LogP contribution in [0.25, 0.3) is 0 Å². The van der Waals surface area contributed by atoms with Crippen molar-refractivity contribution in [2.75, 3.05) is 6.54 Å². The van der Waals surface area contributed by atoms with Crippen LogP contribution in [0.5, 0.6) is 0 Å². The zero-order valence-corrected chi connectivity index (χ0v) is 12.2. The summed E-state index contributed by atoms with van der Waals surface area (Å²) >= 11 is 0. The molecule has 1 rings (SSSR count). The number of aromatic nitrogens is 2. The smallest absolute Gasteiger partial charge is 0.305 e. The monoisotopic (exact) mass is 305 g/mol. The number of aliphatic hydroxyl groups excluding tert-OH is 1. The first-order chi connectivity index (χ1) is 9.22. The maximum Gasteiger partial charge on any atom is 0.305 e. The highest BCUT2D eigenvalue weighted by molar-refractivity contribution is 7.89. The highest BCUT2D eigenvalue weighted by Gasteiger charge is 2.19. The Morgan fingerprint density at radius 1 is 1.50 bits per heavy atom. The third kappa shape index (κ3) is 4.91. The lowest BCUT2D eigenvalue weighted by atomic mass is 10.1. The molecule has 0 fully saturated rings. The molecule has 20 heavy (non-hydrogen) atoms. The SMILES string of the molecule is CC(C)C(O)CNS(=O)(=O)c1cnn(CCC(=O)O)c1. The molecule has 0 amide bonds. The van der Waals surface area contributed by atoms with Crippen LogP contribution in [0.3, 0.4) is 0 Å². The van der Waals surface area contributed by atoms with Gasteiger partial charge < -0.3 is 10.2 Å². The summed E-state index contributed by atoms with van der Waals surface area (Å²) in [6, 6.07) is 0. The third-order valence-corrected chi connectivity index (χ3v) is 4.10. The molecular weight excluding hydrogens is 286 g/mol. The summed E-state index contributed by atoms with van der Waals surface area (Å²) in [5, 5.41) is 21.9. The minimum atomic E-state index is -3.75. The van der Waals surface area contributed by atoms with Gasteiger partial charge in [0, 0.05) is 12.7 Å². The van der Waals surface area contributed by atoms with E-state index in [9.17, 15) is 18.3 Å². The first-order valence-electron chi connectivity index (χ1n) is 6.14. The van der Waals surface area contributed by atoms with Crippen LogP contribution < -0.4 is 4.72 Å². The van der Waals surface area contributed by atoms with Crippen LogP contribution >= 0.6 is 0 Å². The molecule has 0 aliphatic carbocycles.